The smallest absolute Gasteiger partial charge is 0.135 e. The summed E-state index contributed by atoms with van der Waals surface area (Å²) >= 11 is 0. The van der Waals surface area contributed by atoms with Gasteiger partial charge in [0.25, 0.3) is 0 Å². The van der Waals surface area contributed by atoms with Gasteiger partial charge in [0.1, 0.15) is 11.6 Å². The van der Waals surface area contributed by atoms with Crippen LogP contribution in [0.1, 0.15) is 78.6 Å². The Labute approximate surface area is 162 Å². The van der Waals surface area contributed by atoms with Gasteiger partial charge in [-0.15, -0.1) is 0 Å². The largest absolute Gasteiger partial charge is 0.381 e. The zero-order valence-corrected chi connectivity index (χ0v) is 17.9. The van der Waals surface area contributed by atoms with Crippen LogP contribution in [0.15, 0.2) is 0 Å². The number of ether oxygens (including phenoxy) is 1. The van der Waals surface area contributed by atoms with Crippen LogP contribution < -0.4 is 0 Å². The molecule has 1 fully saturated rings. The molecule has 0 radical (unpaired) electrons. The van der Waals surface area contributed by atoms with Gasteiger partial charge in [0.2, 0.25) is 0 Å². The number of carbonyl (C=O) groups is 2. The van der Waals surface area contributed by atoms with Gasteiger partial charge in [0.05, 0.1) is 6.61 Å². The molecule has 0 bridgehead atoms. The van der Waals surface area contributed by atoms with Crippen LogP contribution in [0.25, 0.3) is 0 Å². The number of unbranched alkanes of at least 4 members (excludes halogenated alkanes) is 2. The van der Waals surface area contributed by atoms with Gasteiger partial charge in [-0.2, -0.15) is 0 Å². The molecule has 0 amide bonds. The Kier molecular flexibility index (Phi) is 12.2. The number of hydrogen-bond acceptors (Lipinski definition) is 5. The van der Waals surface area contributed by atoms with Gasteiger partial charge in [-0.25, -0.2) is 0 Å². The normalized spacial score (nSPS) is 15.6. The summed E-state index contributed by atoms with van der Waals surface area (Å²) in [6.45, 7) is 7.41. The average Bonchev–Trinajstić information content (AvgIpc) is 3.02. The summed E-state index contributed by atoms with van der Waals surface area (Å²) in [7, 11) is 3.98. The lowest BCUT2D eigenvalue weighted by Crippen LogP contribution is -2.14. The number of ketones is 2. The van der Waals surface area contributed by atoms with Crippen LogP contribution in [0.4, 0.5) is 0 Å². The predicted octanol–water partition coefficient (Wildman–Crippen LogP) is 5.71. The second-order valence-electron chi connectivity index (χ2n) is 8.32. The molecule has 5 heteroatoms. The minimum Gasteiger partial charge on any atom is -0.381 e. The monoisotopic (exact) mass is 388 g/mol. The van der Waals surface area contributed by atoms with Gasteiger partial charge in [-0.05, 0) is 37.0 Å². The fraction of sp³-hybridized carbons (Fsp3) is 0.900. The highest BCUT2D eigenvalue weighted by molar-refractivity contribution is 8.77. The van der Waals surface area contributed by atoms with Gasteiger partial charge >= 0.3 is 0 Å². The summed E-state index contributed by atoms with van der Waals surface area (Å²) in [4.78, 5) is 23.6. The Balaban J connectivity index is 1.85. The van der Waals surface area contributed by atoms with Crippen molar-refractivity contribution in [3.8, 4) is 0 Å². The third-order valence-electron chi connectivity index (χ3n) is 4.26. The number of rotatable bonds is 14. The van der Waals surface area contributed by atoms with Crippen LogP contribution in [0.5, 0.6) is 0 Å². The van der Waals surface area contributed by atoms with E-state index < -0.39 is 0 Å². The molecule has 1 heterocycles. The number of Topliss-reactive ketones (excluding diaryl/α,β-unsaturated/α-hetero) is 2. The van der Waals surface area contributed by atoms with Crippen LogP contribution in [-0.2, 0) is 14.3 Å². The van der Waals surface area contributed by atoms with Gasteiger partial charge in [0.15, 0.2) is 0 Å². The van der Waals surface area contributed by atoms with E-state index in [1.54, 1.807) is 0 Å². The van der Waals surface area contributed by atoms with Gasteiger partial charge in [0, 0.05) is 43.8 Å². The first-order chi connectivity index (χ1) is 11.9. The summed E-state index contributed by atoms with van der Waals surface area (Å²) in [6.07, 6.45) is 7.91. The molecule has 0 aromatic rings. The fourth-order valence-electron chi connectivity index (χ4n) is 2.88. The maximum absolute atomic E-state index is 11.9. The van der Waals surface area contributed by atoms with Crippen molar-refractivity contribution in [3.05, 3.63) is 0 Å². The molecular formula is C20H36O3S2. The van der Waals surface area contributed by atoms with E-state index in [0.29, 0.717) is 38.3 Å². The molecule has 0 aromatic heterocycles. The molecule has 146 valence electrons. The van der Waals surface area contributed by atoms with Crippen molar-refractivity contribution in [1.29, 1.82) is 0 Å². The van der Waals surface area contributed by atoms with Gasteiger partial charge < -0.3 is 4.74 Å². The second kappa shape index (κ2) is 13.2. The summed E-state index contributed by atoms with van der Waals surface area (Å²) in [5, 5.41) is 0. The molecule has 1 aliphatic rings. The van der Waals surface area contributed by atoms with Crippen molar-refractivity contribution in [1.82, 2.24) is 0 Å². The molecule has 1 saturated heterocycles. The van der Waals surface area contributed by atoms with E-state index in [2.05, 4.69) is 20.8 Å². The first kappa shape index (κ1) is 23.0. The average molecular weight is 389 g/mol. The van der Waals surface area contributed by atoms with Crippen molar-refractivity contribution in [2.45, 2.75) is 78.6 Å². The molecule has 3 nitrogen and oxygen atoms in total. The lowest BCUT2D eigenvalue weighted by Gasteiger charge is -2.16. The fourth-order valence-corrected chi connectivity index (χ4v) is 5.91. The number of carbonyl (C=O) groups excluding carboxylic acids is 2. The summed E-state index contributed by atoms with van der Waals surface area (Å²) < 4.78 is 5.52. The molecule has 0 spiro atoms. The maximum atomic E-state index is 11.9. The summed E-state index contributed by atoms with van der Waals surface area (Å²) in [5.74, 6) is 4.13. The molecule has 0 saturated carbocycles. The molecule has 0 unspecified atom stereocenters. The molecule has 0 N–H and O–H groups in total. The third kappa shape index (κ3) is 13.8. The van der Waals surface area contributed by atoms with Crippen LogP contribution >= 0.6 is 21.6 Å². The molecule has 25 heavy (non-hydrogen) atoms. The molecule has 1 aliphatic heterocycles. The zero-order valence-electron chi connectivity index (χ0n) is 16.3. The lowest BCUT2D eigenvalue weighted by atomic mass is 9.89. The Morgan fingerprint density at radius 2 is 1.52 bits per heavy atom. The van der Waals surface area contributed by atoms with Gasteiger partial charge in [-0.1, -0.05) is 48.8 Å². The van der Waals surface area contributed by atoms with Crippen molar-refractivity contribution in [2.75, 3.05) is 24.7 Å². The molecule has 0 atom stereocenters. The van der Waals surface area contributed by atoms with Crippen molar-refractivity contribution in [3.63, 3.8) is 0 Å². The van der Waals surface area contributed by atoms with Crippen LogP contribution in [0, 0.1) is 11.3 Å². The van der Waals surface area contributed by atoms with Crippen molar-refractivity contribution in [2.24, 2.45) is 11.3 Å². The van der Waals surface area contributed by atoms with E-state index in [0.717, 1.165) is 31.6 Å². The highest BCUT2D eigenvalue weighted by Crippen LogP contribution is 2.36. The quantitative estimate of drug-likeness (QED) is 0.282. The van der Waals surface area contributed by atoms with Gasteiger partial charge in [-0.3, -0.25) is 9.59 Å². The SMILES string of the molecule is CC(C)(C)CC(=O)CCOCCCCC(=O)CCCCC1CSSC1. The molecule has 0 aromatic carbocycles. The zero-order chi connectivity index (χ0) is 18.5. The van der Waals surface area contributed by atoms with E-state index >= 15 is 0 Å². The lowest BCUT2D eigenvalue weighted by molar-refractivity contribution is -0.121. The summed E-state index contributed by atoms with van der Waals surface area (Å²) in [6, 6.07) is 0. The summed E-state index contributed by atoms with van der Waals surface area (Å²) in [5.41, 5.74) is 0.0620. The topological polar surface area (TPSA) is 43.4 Å². The molecular weight excluding hydrogens is 352 g/mol. The van der Waals surface area contributed by atoms with Crippen molar-refractivity contribution >= 4 is 33.2 Å². The van der Waals surface area contributed by atoms with Crippen LogP contribution in [-0.4, -0.2) is 36.3 Å². The molecule has 0 aliphatic carbocycles. The first-order valence-corrected chi connectivity index (χ1v) is 12.2. The van der Waals surface area contributed by atoms with Crippen molar-refractivity contribution < 1.29 is 14.3 Å². The molecule has 1 rings (SSSR count). The minimum atomic E-state index is 0.0620. The van der Waals surface area contributed by atoms with E-state index in [1.165, 1.54) is 24.3 Å². The Bertz CT molecular complexity index is 385. The predicted molar refractivity (Wildman–Crippen MR) is 110 cm³/mol. The van der Waals surface area contributed by atoms with E-state index in [-0.39, 0.29) is 11.2 Å². The Morgan fingerprint density at radius 1 is 0.880 bits per heavy atom. The second-order valence-corrected chi connectivity index (χ2v) is 10.9. The van der Waals surface area contributed by atoms with E-state index in [9.17, 15) is 9.59 Å². The van der Waals surface area contributed by atoms with E-state index in [4.69, 9.17) is 4.74 Å². The highest BCUT2D eigenvalue weighted by Gasteiger charge is 2.16. The minimum absolute atomic E-state index is 0.0620. The maximum Gasteiger partial charge on any atom is 0.135 e. The van der Waals surface area contributed by atoms with E-state index in [1.807, 2.05) is 21.6 Å². The number of hydrogen-bond donors (Lipinski definition) is 0. The standard InChI is InChI=1S/C20H36O3S2/c1-20(2,3)14-19(22)11-13-23-12-7-6-10-18(21)9-5-4-8-17-15-24-25-16-17/h17H,4-16H2,1-3H3. The van der Waals surface area contributed by atoms with Crippen LogP contribution in [0.2, 0.25) is 0 Å². The Hall–Kier alpha value is 0. The van der Waals surface area contributed by atoms with Crippen LogP contribution in [0.3, 0.4) is 0 Å². The highest BCUT2D eigenvalue weighted by atomic mass is 33.1. The first-order valence-electron chi connectivity index (χ1n) is 9.72. The third-order valence-corrected chi connectivity index (χ3v) is 6.95. The Morgan fingerprint density at radius 3 is 2.16 bits per heavy atom.